The minimum atomic E-state index is 0.680. The van der Waals surface area contributed by atoms with Crippen LogP contribution in [0.1, 0.15) is 33.1 Å². The van der Waals surface area contributed by atoms with Gasteiger partial charge in [0, 0.05) is 19.0 Å². The van der Waals surface area contributed by atoms with Gasteiger partial charge in [-0.2, -0.15) is 4.98 Å². The Kier molecular flexibility index (Phi) is 5.16. The lowest BCUT2D eigenvalue weighted by atomic mass is 10.2. The van der Waals surface area contributed by atoms with Crippen molar-refractivity contribution >= 4 is 10.9 Å². The molecule has 0 aliphatic carbocycles. The van der Waals surface area contributed by atoms with Gasteiger partial charge in [-0.3, -0.25) is 9.56 Å². The Bertz CT molecular complexity index is 631. The average Bonchev–Trinajstić information content (AvgIpc) is 2.48. The number of hydrogen-bond acceptors (Lipinski definition) is 3. The van der Waals surface area contributed by atoms with E-state index < -0.39 is 0 Å². The highest BCUT2D eigenvalue weighted by Gasteiger charge is 2.09. The predicted octanol–water partition coefficient (Wildman–Crippen LogP) is 3.16. The molecule has 2 rings (SSSR count). The molecule has 20 heavy (non-hydrogen) atoms. The SMILES string of the molecule is CCCCOc1nc2ccccc2c(=NC)n1CCC. The Morgan fingerprint density at radius 2 is 2.00 bits per heavy atom. The summed E-state index contributed by atoms with van der Waals surface area (Å²) in [4.78, 5) is 9.10. The van der Waals surface area contributed by atoms with E-state index in [0.29, 0.717) is 12.6 Å². The van der Waals surface area contributed by atoms with E-state index in [1.54, 1.807) is 0 Å². The summed E-state index contributed by atoms with van der Waals surface area (Å²) in [5.74, 6) is 0. The summed E-state index contributed by atoms with van der Waals surface area (Å²) in [6.45, 7) is 5.88. The van der Waals surface area contributed by atoms with Crippen LogP contribution in [0.3, 0.4) is 0 Å². The maximum atomic E-state index is 5.87. The first-order valence-corrected chi connectivity index (χ1v) is 7.37. The van der Waals surface area contributed by atoms with Crippen LogP contribution in [0.25, 0.3) is 10.9 Å². The van der Waals surface area contributed by atoms with Crippen LogP contribution < -0.4 is 10.2 Å². The van der Waals surface area contributed by atoms with Gasteiger partial charge in [-0.15, -0.1) is 0 Å². The van der Waals surface area contributed by atoms with Crippen molar-refractivity contribution in [3.63, 3.8) is 0 Å². The summed E-state index contributed by atoms with van der Waals surface area (Å²) in [5.41, 5.74) is 1.89. The number of nitrogens with zero attached hydrogens (tertiary/aromatic N) is 3. The highest BCUT2D eigenvalue weighted by Crippen LogP contribution is 2.14. The fourth-order valence-electron chi connectivity index (χ4n) is 2.24. The third-order valence-corrected chi connectivity index (χ3v) is 3.24. The second-order valence-corrected chi connectivity index (χ2v) is 4.81. The third-order valence-electron chi connectivity index (χ3n) is 3.24. The molecule has 2 aromatic rings. The second-order valence-electron chi connectivity index (χ2n) is 4.81. The van der Waals surface area contributed by atoms with Gasteiger partial charge in [0.1, 0.15) is 5.49 Å². The molecule has 1 aromatic carbocycles. The standard InChI is InChI=1S/C16H23N3O/c1-4-6-12-20-16-18-14-10-8-7-9-13(14)15(17-3)19(16)11-5-2/h7-10H,4-6,11-12H2,1-3H3. The van der Waals surface area contributed by atoms with Gasteiger partial charge in [-0.25, -0.2) is 0 Å². The van der Waals surface area contributed by atoms with Gasteiger partial charge in [-0.05, 0) is 25.0 Å². The summed E-state index contributed by atoms with van der Waals surface area (Å²) < 4.78 is 7.95. The molecule has 0 N–H and O–H groups in total. The number of unbranched alkanes of at least 4 members (excludes halogenated alkanes) is 1. The fourth-order valence-corrected chi connectivity index (χ4v) is 2.24. The molecule has 0 saturated heterocycles. The Labute approximate surface area is 120 Å². The maximum absolute atomic E-state index is 5.87. The molecule has 0 aliphatic heterocycles. The monoisotopic (exact) mass is 273 g/mol. The number of hydrogen-bond donors (Lipinski definition) is 0. The molecule has 0 unspecified atom stereocenters. The summed E-state index contributed by atoms with van der Waals surface area (Å²) in [5, 5.41) is 1.08. The Balaban J connectivity index is 2.56. The first-order valence-electron chi connectivity index (χ1n) is 7.37. The molecule has 0 saturated carbocycles. The lowest BCUT2D eigenvalue weighted by Gasteiger charge is -2.15. The number of fused-ring (bicyclic) bond motifs is 1. The van der Waals surface area contributed by atoms with Gasteiger partial charge in [0.25, 0.3) is 6.01 Å². The summed E-state index contributed by atoms with van der Waals surface area (Å²) >= 11 is 0. The third kappa shape index (κ3) is 3.00. The lowest BCUT2D eigenvalue weighted by Crippen LogP contribution is -2.25. The van der Waals surface area contributed by atoms with Crippen LogP contribution in [0, 0.1) is 0 Å². The molecule has 0 fully saturated rings. The van der Waals surface area contributed by atoms with Gasteiger partial charge in [-0.1, -0.05) is 32.4 Å². The topological polar surface area (TPSA) is 39.4 Å². The van der Waals surface area contributed by atoms with Crippen molar-refractivity contribution in [2.45, 2.75) is 39.7 Å². The van der Waals surface area contributed by atoms with Crippen molar-refractivity contribution < 1.29 is 4.74 Å². The van der Waals surface area contributed by atoms with Crippen LogP contribution in [0.4, 0.5) is 0 Å². The lowest BCUT2D eigenvalue weighted by molar-refractivity contribution is 0.266. The van der Waals surface area contributed by atoms with Crippen molar-refractivity contribution in [1.29, 1.82) is 0 Å². The van der Waals surface area contributed by atoms with Crippen LogP contribution in [0.5, 0.6) is 6.01 Å². The highest BCUT2D eigenvalue weighted by atomic mass is 16.5. The van der Waals surface area contributed by atoms with Crippen LogP contribution in [0.15, 0.2) is 29.3 Å². The molecule has 1 aromatic heterocycles. The fraction of sp³-hybridized carbons (Fsp3) is 0.500. The van der Waals surface area contributed by atoms with Gasteiger partial charge in [0.05, 0.1) is 12.1 Å². The van der Waals surface area contributed by atoms with E-state index in [9.17, 15) is 0 Å². The normalized spacial score (nSPS) is 12.1. The predicted molar refractivity (Wildman–Crippen MR) is 81.9 cm³/mol. The van der Waals surface area contributed by atoms with E-state index in [0.717, 1.165) is 42.2 Å². The Morgan fingerprint density at radius 1 is 1.20 bits per heavy atom. The zero-order valence-electron chi connectivity index (χ0n) is 12.6. The molecule has 0 aliphatic rings. The number of rotatable bonds is 6. The summed E-state index contributed by atoms with van der Waals surface area (Å²) in [6, 6.07) is 8.76. The van der Waals surface area contributed by atoms with Crippen LogP contribution >= 0.6 is 0 Å². The van der Waals surface area contributed by atoms with E-state index >= 15 is 0 Å². The summed E-state index contributed by atoms with van der Waals surface area (Å²) in [6.07, 6.45) is 3.18. The molecule has 0 amide bonds. The quantitative estimate of drug-likeness (QED) is 0.758. The Morgan fingerprint density at radius 3 is 2.70 bits per heavy atom. The maximum Gasteiger partial charge on any atom is 0.298 e. The largest absolute Gasteiger partial charge is 0.465 e. The molecule has 1 heterocycles. The molecule has 0 bridgehead atoms. The minimum Gasteiger partial charge on any atom is -0.465 e. The van der Waals surface area contributed by atoms with Crippen LogP contribution in [0.2, 0.25) is 0 Å². The number of para-hydroxylation sites is 1. The van der Waals surface area contributed by atoms with Crippen molar-refractivity contribution in [1.82, 2.24) is 9.55 Å². The molecule has 0 spiro atoms. The number of benzene rings is 1. The smallest absolute Gasteiger partial charge is 0.298 e. The van der Waals surface area contributed by atoms with E-state index in [4.69, 9.17) is 4.74 Å². The van der Waals surface area contributed by atoms with Crippen molar-refractivity contribution in [3.05, 3.63) is 29.8 Å². The van der Waals surface area contributed by atoms with Gasteiger partial charge in [0.15, 0.2) is 0 Å². The first-order chi connectivity index (χ1) is 9.81. The van der Waals surface area contributed by atoms with Crippen LogP contribution in [-0.4, -0.2) is 23.2 Å². The molecule has 0 atom stereocenters. The molecular weight excluding hydrogens is 250 g/mol. The molecular formula is C16H23N3O. The van der Waals surface area contributed by atoms with E-state index in [2.05, 4.69) is 34.5 Å². The number of ether oxygens (including phenoxy) is 1. The van der Waals surface area contributed by atoms with E-state index in [-0.39, 0.29) is 0 Å². The van der Waals surface area contributed by atoms with Crippen LogP contribution in [-0.2, 0) is 6.54 Å². The average molecular weight is 273 g/mol. The van der Waals surface area contributed by atoms with E-state index in [1.165, 1.54) is 0 Å². The van der Waals surface area contributed by atoms with Crippen molar-refractivity contribution in [2.75, 3.05) is 13.7 Å². The van der Waals surface area contributed by atoms with Gasteiger partial charge in [0.2, 0.25) is 0 Å². The minimum absolute atomic E-state index is 0.680. The molecule has 4 heteroatoms. The van der Waals surface area contributed by atoms with Gasteiger partial charge >= 0.3 is 0 Å². The summed E-state index contributed by atoms with van der Waals surface area (Å²) in [7, 11) is 1.82. The molecule has 0 radical (unpaired) electrons. The second kappa shape index (κ2) is 7.08. The Hall–Kier alpha value is -1.84. The van der Waals surface area contributed by atoms with Crippen molar-refractivity contribution in [2.24, 2.45) is 4.99 Å². The van der Waals surface area contributed by atoms with E-state index in [1.807, 2.05) is 25.2 Å². The van der Waals surface area contributed by atoms with Gasteiger partial charge < -0.3 is 4.74 Å². The highest BCUT2D eigenvalue weighted by molar-refractivity contribution is 5.77. The van der Waals surface area contributed by atoms with Crippen molar-refractivity contribution in [3.8, 4) is 6.01 Å². The molecule has 108 valence electrons. The first kappa shape index (κ1) is 14.6. The number of aromatic nitrogens is 2. The zero-order chi connectivity index (χ0) is 14.4. The zero-order valence-corrected chi connectivity index (χ0v) is 12.6. The molecule has 4 nitrogen and oxygen atoms in total.